The lowest BCUT2D eigenvalue weighted by atomic mass is 10.0. The first-order valence-corrected chi connectivity index (χ1v) is 3.78. The van der Waals surface area contributed by atoms with Crippen LogP contribution in [0.15, 0.2) is 30.3 Å². The normalized spacial score (nSPS) is 15.9. The molecule has 0 amide bonds. The largest absolute Gasteiger partial charge is 0.326 e. The Bertz CT molecular complexity index is 206. The molecule has 60 valence electrons. The van der Waals surface area contributed by atoms with Crippen molar-refractivity contribution in [2.75, 3.05) is 0 Å². The molecule has 0 aliphatic heterocycles. The van der Waals surface area contributed by atoms with Crippen LogP contribution >= 0.6 is 0 Å². The molecule has 1 unspecified atom stereocenters. The van der Waals surface area contributed by atoms with Gasteiger partial charge < -0.3 is 11.5 Å². The summed E-state index contributed by atoms with van der Waals surface area (Å²) in [4.78, 5) is 0. The first-order valence-electron chi connectivity index (χ1n) is 3.78. The van der Waals surface area contributed by atoms with Gasteiger partial charge in [-0.25, -0.2) is 0 Å². The zero-order chi connectivity index (χ0) is 8.27. The molecule has 1 aromatic carbocycles. The van der Waals surface area contributed by atoms with Gasteiger partial charge in [-0.2, -0.15) is 0 Å². The standard InChI is InChI=1S/C9H14N2/c1-7(10)9(11)8-5-3-2-4-6-8/h2-7,9H,10-11H2,1H3/t7?,9-/m0/s1. The Morgan fingerprint density at radius 2 is 1.64 bits per heavy atom. The Morgan fingerprint density at radius 3 is 2.09 bits per heavy atom. The monoisotopic (exact) mass is 150 g/mol. The van der Waals surface area contributed by atoms with Gasteiger partial charge in [0.2, 0.25) is 0 Å². The molecule has 0 fully saturated rings. The number of hydrogen-bond donors (Lipinski definition) is 2. The van der Waals surface area contributed by atoms with Gasteiger partial charge in [0.05, 0.1) is 0 Å². The van der Waals surface area contributed by atoms with Crippen molar-refractivity contribution >= 4 is 0 Å². The van der Waals surface area contributed by atoms with E-state index < -0.39 is 0 Å². The minimum absolute atomic E-state index is 0.0115. The fourth-order valence-electron chi connectivity index (χ4n) is 0.979. The second-order valence-electron chi connectivity index (χ2n) is 2.80. The number of nitrogens with two attached hydrogens (primary N) is 2. The molecule has 1 aromatic rings. The van der Waals surface area contributed by atoms with Gasteiger partial charge in [-0.1, -0.05) is 30.3 Å². The van der Waals surface area contributed by atoms with Crippen LogP contribution in [0.25, 0.3) is 0 Å². The van der Waals surface area contributed by atoms with E-state index in [1.165, 1.54) is 0 Å². The van der Waals surface area contributed by atoms with E-state index >= 15 is 0 Å². The van der Waals surface area contributed by atoms with Gasteiger partial charge in [-0.05, 0) is 12.5 Å². The van der Waals surface area contributed by atoms with E-state index in [0.717, 1.165) is 5.56 Å². The molecule has 0 aromatic heterocycles. The molecule has 0 heterocycles. The van der Waals surface area contributed by atoms with Crippen LogP contribution < -0.4 is 11.5 Å². The molecule has 4 N–H and O–H groups in total. The first-order chi connectivity index (χ1) is 5.22. The first kappa shape index (κ1) is 8.24. The summed E-state index contributed by atoms with van der Waals surface area (Å²) < 4.78 is 0. The third-order valence-corrected chi connectivity index (χ3v) is 1.75. The molecule has 2 heteroatoms. The average Bonchev–Trinajstić information content (AvgIpc) is 2.05. The Labute approximate surface area is 67.2 Å². The Kier molecular flexibility index (Phi) is 2.63. The minimum atomic E-state index is -0.0452. The highest BCUT2D eigenvalue weighted by molar-refractivity contribution is 5.19. The number of benzene rings is 1. The van der Waals surface area contributed by atoms with E-state index in [2.05, 4.69) is 0 Å². The number of hydrogen-bond acceptors (Lipinski definition) is 2. The van der Waals surface area contributed by atoms with Crippen LogP contribution in [0.1, 0.15) is 18.5 Å². The summed E-state index contributed by atoms with van der Waals surface area (Å²) >= 11 is 0. The predicted molar refractivity (Wildman–Crippen MR) is 47.0 cm³/mol. The Hall–Kier alpha value is -0.860. The highest BCUT2D eigenvalue weighted by Crippen LogP contribution is 2.11. The maximum absolute atomic E-state index is 5.81. The highest BCUT2D eigenvalue weighted by Gasteiger charge is 2.08. The zero-order valence-corrected chi connectivity index (χ0v) is 6.70. The van der Waals surface area contributed by atoms with Gasteiger partial charge in [0, 0.05) is 12.1 Å². The van der Waals surface area contributed by atoms with Crippen molar-refractivity contribution < 1.29 is 0 Å². The van der Waals surface area contributed by atoms with Crippen molar-refractivity contribution in [3.05, 3.63) is 35.9 Å². The summed E-state index contributed by atoms with van der Waals surface area (Å²) in [5.74, 6) is 0. The number of rotatable bonds is 2. The fourth-order valence-corrected chi connectivity index (χ4v) is 0.979. The summed E-state index contributed by atoms with van der Waals surface area (Å²) in [6, 6.07) is 9.86. The van der Waals surface area contributed by atoms with Crippen LogP contribution in [0, 0.1) is 0 Å². The van der Waals surface area contributed by atoms with E-state index in [-0.39, 0.29) is 12.1 Å². The molecular formula is C9H14N2. The maximum Gasteiger partial charge on any atom is 0.0445 e. The third-order valence-electron chi connectivity index (χ3n) is 1.75. The summed E-state index contributed by atoms with van der Waals surface area (Å²) in [6.45, 7) is 1.91. The lowest BCUT2D eigenvalue weighted by Gasteiger charge is -2.15. The lowest BCUT2D eigenvalue weighted by Crippen LogP contribution is -2.30. The van der Waals surface area contributed by atoms with Gasteiger partial charge in [0.1, 0.15) is 0 Å². The molecule has 2 nitrogen and oxygen atoms in total. The van der Waals surface area contributed by atoms with E-state index in [0.29, 0.717) is 0 Å². The quantitative estimate of drug-likeness (QED) is 0.661. The van der Waals surface area contributed by atoms with E-state index in [1.807, 2.05) is 37.3 Å². The van der Waals surface area contributed by atoms with Crippen molar-refractivity contribution in [2.24, 2.45) is 11.5 Å². The van der Waals surface area contributed by atoms with Crippen LogP contribution in [-0.4, -0.2) is 6.04 Å². The van der Waals surface area contributed by atoms with Crippen molar-refractivity contribution in [1.82, 2.24) is 0 Å². The van der Waals surface area contributed by atoms with Crippen molar-refractivity contribution in [2.45, 2.75) is 19.0 Å². The van der Waals surface area contributed by atoms with Crippen LogP contribution in [0.2, 0.25) is 0 Å². The summed E-state index contributed by atoms with van der Waals surface area (Å²) in [5, 5.41) is 0. The summed E-state index contributed by atoms with van der Waals surface area (Å²) in [5.41, 5.74) is 12.6. The molecule has 0 aliphatic rings. The van der Waals surface area contributed by atoms with Crippen LogP contribution in [0.5, 0.6) is 0 Å². The average molecular weight is 150 g/mol. The van der Waals surface area contributed by atoms with Gasteiger partial charge in [-0.15, -0.1) is 0 Å². The van der Waals surface area contributed by atoms with Gasteiger partial charge in [0.15, 0.2) is 0 Å². The molecule has 1 rings (SSSR count). The smallest absolute Gasteiger partial charge is 0.0445 e. The van der Waals surface area contributed by atoms with Gasteiger partial charge in [-0.3, -0.25) is 0 Å². The molecule has 0 aliphatic carbocycles. The molecule has 2 atom stereocenters. The lowest BCUT2D eigenvalue weighted by molar-refractivity contribution is 0.589. The Balaban J connectivity index is 2.77. The van der Waals surface area contributed by atoms with Gasteiger partial charge in [0.25, 0.3) is 0 Å². The zero-order valence-electron chi connectivity index (χ0n) is 6.70. The third kappa shape index (κ3) is 2.03. The van der Waals surface area contributed by atoms with Crippen LogP contribution in [-0.2, 0) is 0 Å². The molecule has 11 heavy (non-hydrogen) atoms. The second kappa shape index (κ2) is 3.51. The van der Waals surface area contributed by atoms with Crippen LogP contribution in [0.4, 0.5) is 0 Å². The molecule has 0 bridgehead atoms. The fraction of sp³-hybridized carbons (Fsp3) is 0.333. The van der Waals surface area contributed by atoms with Crippen molar-refractivity contribution in [3.8, 4) is 0 Å². The van der Waals surface area contributed by atoms with Gasteiger partial charge >= 0.3 is 0 Å². The predicted octanol–water partition coefficient (Wildman–Crippen LogP) is 1.03. The van der Waals surface area contributed by atoms with Crippen LogP contribution in [0.3, 0.4) is 0 Å². The van der Waals surface area contributed by atoms with E-state index in [9.17, 15) is 0 Å². The van der Waals surface area contributed by atoms with Crippen molar-refractivity contribution in [3.63, 3.8) is 0 Å². The summed E-state index contributed by atoms with van der Waals surface area (Å²) in [7, 11) is 0. The second-order valence-corrected chi connectivity index (χ2v) is 2.80. The molecular weight excluding hydrogens is 136 g/mol. The maximum atomic E-state index is 5.81. The molecule has 0 saturated carbocycles. The molecule has 0 spiro atoms. The van der Waals surface area contributed by atoms with Crippen molar-refractivity contribution in [1.29, 1.82) is 0 Å². The topological polar surface area (TPSA) is 52.0 Å². The molecule has 0 radical (unpaired) electrons. The molecule has 0 saturated heterocycles. The van der Waals surface area contributed by atoms with E-state index in [4.69, 9.17) is 11.5 Å². The SMILES string of the molecule is CC(N)[C@H](N)c1ccccc1. The van der Waals surface area contributed by atoms with E-state index in [1.54, 1.807) is 0 Å². The highest BCUT2D eigenvalue weighted by atomic mass is 14.8. The minimum Gasteiger partial charge on any atom is -0.326 e. The summed E-state index contributed by atoms with van der Waals surface area (Å²) in [6.07, 6.45) is 0. The Morgan fingerprint density at radius 1 is 1.09 bits per heavy atom.